The lowest BCUT2D eigenvalue weighted by Crippen LogP contribution is -2.52. The number of nitrogens with one attached hydrogen (secondary N) is 1. The summed E-state index contributed by atoms with van der Waals surface area (Å²) in [6.45, 7) is 3.18. The van der Waals surface area contributed by atoms with Crippen molar-refractivity contribution in [3.8, 4) is 0 Å². The Morgan fingerprint density at radius 1 is 0.949 bits per heavy atom. The van der Waals surface area contributed by atoms with E-state index in [0.717, 1.165) is 41.1 Å². The second kappa shape index (κ2) is 12.7. The van der Waals surface area contributed by atoms with Gasteiger partial charge >= 0.3 is 0 Å². The number of rotatable bonds is 10. The fraction of sp³-hybridized carbons (Fsp3) is 0.333. The first-order valence-electron chi connectivity index (χ1n) is 13.1. The molecule has 39 heavy (non-hydrogen) atoms. The number of sulfonamides is 1. The van der Waals surface area contributed by atoms with Crippen molar-refractivity contribution in [2.75, 3.05) is 10.8 Å². The highest BCUT2D eigenvalue weighted by Gasteiger charge is 2.34. The van der Waals surface area contributed by atoms with Crippen LogP contribution in [0.15, 0.2) is 83.8 Å². The molecule has 4 rings (SSSR count). The van der Waals surface area contributed by atoms with Crippen LogP contribution >= 0.6 is 11.6 Å². The van der Waals surface area contributed by atoms with Crippen LogP contribution in [0.1, 0.15) is 43.7 Å². The molecule has 9 heteroatoms. The molecule has 0 unspecified atom stereocenters. The third-order valence-electron chi connectivity index (χ3n) is 7.07. The van der Waals surface area contributed by atoms with E-state index in [0.29, 0.717) is 0 Å². The van der Waals surface area contributed by atoms with Gasteiger partial charge in [0.1, 0.15) is 12.6 Å². The Hall–Kier alpha value is -3.36. The quantitative estimate of drug-likeness (QED) is 0.359. The van der Waals surface area contributed by atoms with E-state index in [-0.39, 0.29) is 34.1 Å². The number of carbonyl (C=O) groups is 2. The summed E-state index contributed by atoms with van der Waals surface area (Å²) in [6, 6.07) is 21.6. The predicted octanol–water partition coefficient (Wildman–Crippen LogP) is 5.32. The molecule has 3 aromatic carbocycles. The lowest BCUT2D eigenvalue weighted by atomic mass is 10.1. The first-order valence-corrected chi connectivity index (χ1v) is 15.0. The predicted molar refractivity (Wildman–Crippen MR) is 154 cm³/mol. The van der Waals surface area contributed by atoms with Gasteiger partial charge in [-0.2, -0.15) is 0 Å². The van der Waals surface area contributed by atoms with Crippen LogP contribution in [-0.2, 0) is 26.2 Å². The van der Waals surface area contributed by atoms with E-state index in [1.165, 1.54) is 17.0 Å². The van der Waals surface area contributed by atoms with Gasteiger partial charge in [-0.25, -0.2) is 8.42 Å². The van der Waals surface area contributed by atoms with Crippen molar-refractivity contribution in [3.63, 3.8) is 0 Å². The van der Waals surface area contributed by atoms with Crippen LogP contribution in [0.5, 0.6) is 0 Å². The minimum Gasteiger partial charge on any atom is -0.352 e. The van der Waals surface area contributed by atoms with Crippen LogP contribution in [0.25, 0.3) is 0 Å². The van der Waals surface area contributed by atoms with Crippen molar-refractivity contribution in [2.24, 2.45) is 0 Å². The molecule has 7 nitrogen and oxygen atoms in total. The zero-order valence-corrected chi connectivity index (χ0v) is 23.8. The monoisotopic (exact) mass is 567 g/mol. The van der Waals surface area contributed by atoms with Crippen LogP contribution in [0.4, 0.5) is 5.69 Å². The summed E-state index contributed by atoms with van der Waals surface area (Å²) in [6.07, 6.45) is 3.96. The molecular formula is C30H34ClN3O4S. The number of benzene rings is 3. The smallest absolute Gasteiger partial charge is 0.264 e. The molecule has 1 saturated carbocycles. The van der Waals surface area contributed by atoms with Crippen LogP contribution in [0.3, 0.4) is 0 Å². The number of halogens is 1. The zero-order chi connectivity index (χ0) is 28.0. The molecule has 0 saturated heterocycles. The number of nitrogens with zero attached hydrogens (tertiary/aromatic N) is 2. The van der Waals surface area contributed by atoms with Gasteiger partial charge in [0.25, 0.3) is 10.0 Å². The maximum atomic E-state index is 14.0. The van der Waals surface area contributed by atoms with Gasteiger partial charge in [0.15, 0.2) is 0 Å². The van der Waals surface area contributed by atoms with Gasteiger partial charge in [-0.1, -0.05) is 84.6 Å². The maximum Gasteiger partial charge on any atom is 0.264 e. The van der Waals surface area contributed by atoms with Gasteiger partial charge < -0.3 is 10.2 Å². The third-order valence-corrected chi connectivity index (χ3v) is 9.17. The highest BCUT2D eigenvalue weighted by atomic mass is 35.5. The molecule has 2 amide bonds. The molecule has 0 aliphatic heterocycles. The number of carbonyl (C=O) groups excluding carboxylic acids is 2. The number of aryl methyl sites for hydroxylation is 1. The molecule has 1 fully saturated rings. The van der Waals surface area contributed by atoms with Gasteiger partial charge in [-0.05, 0) is 56.5 Å². The van der Waals surface area contributed by atoms with Gasteiger partial charge in [0.2, 0.25) is 11.8 Å². The molecule has 0 bridgehead atoms. The van der Waals surface area contributed by atoms with E-state index in [9.17, 15) is 18.0 Å². The summed E-state index contributed by atoms with van der Waals surface area (Å²) >= 11 is 6.44. The Labute approximate surface area is 235 Å². The molecule has 0 spiro atoms. The summed E-state index contributed by atoms with van der Waals surface area (Å²) in [5.41, 5.74) is 1.93. The summed E-state index contributed by atoms with van der Waals surface area (Å²) < 4.78 is 28.8. The second-order valence-electron chi connectivity index (χ2n) is 9.95. The van der Waals surface area contributed by atoms with Gasteiger partial charge in [0.05, 0.1) is 15.6 Å². The number of hydrogen-bond acceptors (Lipinski definition) is 4. The fourth-order valence-electron chi connectivity index (χ4n) is 4.76. The highest BCUT2D eigenvalue weighted by Crippen LogP contribution is 2.31. The molecule has 1 atom stereocenters. The molecule has 0 radical (unpaired) electrons. The van der Waals surface area contributed by atoms with Gasteiger partial charge in [0, 0.05) is 12.6 Å². The molecule has 1 N–H and O–H groups in total. The number of amides is 2. The van der Waals surface area contributed by atoms with Crippen LogP contribution < -0.4 is 9.62 Å². The zero-order valence-electron chi connectivity index (χ0n) is 22.2. The largest absolute Gasteiger partial charge is 0.352 e. The van der Waals surface area contributed by atoms with Crippen molar-refractivity contribution in [3.05, 3.63) is 95.0 Å². The Kier molecular flexibility index (Phi) is 9.30. The van der Waals surface area contributed by atoms with E-state index in [4.69, 9.17) is 11.6 Å². The molecule has 3 aromatic rings. The summed E-state index contributed by atoms with van der Waals surface area (Å²) in [5, 5.41) is 3.27. The first-order chi connectivity index (χ1) is 18.7. The molecule has 0 aromatic heterocycles. The van der Waals surface area contributed by atoms with E-state index >= 15 is 0 Å². The SMILES string of the molecule is Cc1ccc(S(=O)(=O)N(CC(=O)N(Cc2ccccc2)[C@H](C)C(=O)NC2CCCC2)c2ccccc2Cl)cc1. The first kappa shape index (κ1) is 28.6. The highest BCUT2D eigenvalue weighted by molar-refractivity contribution is 7.92. The van der Waals surface area contributed by atoms with Crippen molar-refractivity contribution in [2.45, 2.75) is 63.1 Å². The average Bonchev–Trinajstić information content (AvgIpc) is 3.44. The average molecular weight is 568 g/mol. The Morgan fingerprint density at radius 2 is 1.56 bits per heavy atom. The van der Waals surface area contributed by atoms with Crippen LogP contribution in [0, 0.1) is 6.92 Å². The summed E-state index contributed by atoms with van der Waals surface area (Å²) in [4.78, 5) is 28.7. The number of hydrogen-bond donors (Lipinski definition) is 1. The molecule has 1 aliphatic carbocycles. The van der Waals surface area contributed by atoms with E-state index < -0.39 is 28.5 Å². The van der Waals surface area contributed by atoms with Crippen molar-refractivity contribution in [1.82, 2.24) is 10.2 Å². The standard InChI is InChI=1S/C30H34ClN3O4S/c1-22-16-18-26(19-17-22)39(37,38)34(28-15-9-8-14-27(28)31)21-29(35)33(20-24-10-4-3-5-11-24)23(2)30(36)32-25-12-6-7-13-25/h3-5,8-11,14-19,23,25H,6-7,12-13,20-21H2,1-2H3,(H,32,36)/t23-/m1/s1. The molecule has 1 aliphatic rings. The van der Waals surface area contributed by atoms with Crippen molar-refractivity contribution in [1.29, 1.82) is 0 Å². The van der Waals surface area contributed by atoms with Crippen LogP contribution in [0.2, 0.25) is 5.02 Å². The normalized spacial score (nSPS) is 14.5. The minimum absolute atomic E-state index is 0.0439. The van der Waals surface area contributed by atoms with Crippen molar-refractivity contribution < 1.29 is 18.0 Å². The molecule has 206 valence electrons. The number of para-hydroxylation sites is 1. The van der Waals surface area contributed by atoms with Crippen molar-refractivity contribution >= 4 is 39.1 Å². The second-order valence-corrected chi connectivity index (χ2v) is 12.2. The summed E-state index contributed by atoms with van der Waals surface area (Å²) in [5.74, 6) is -0.764. The Balaban J connectivity index is 1.68. The van der Waals surface area contributed by atoms with Gasteiger partial charge in [-0.15, -0.1) is 0 Å². The lowest BCUT2D eigenvalue weighted by Gasteiger charge is -2.32. The van der Waals surface area contributed by atoms with E-state index in [1.807, 2.05) is 37.3 Å². The Morgan fingerprint density at radius 3 is 2.21 bits per heavy atom. The van der Waals surface area contributed by atoms with E-state index in [1.54, 1.807) is 43.3 Å². The fourth-order valence-corrected chi connectivity index (χ4v) is 6.48. The maximum absolute atomic E-state index is 14.0. The summed E-state index contributed by atoms with van der Waals surface area (Å²) in [7, 11) is -4.16. The lowest BCUT2D eigenvalue weighted by molar-refractivity contribution is -0.139. The number of anilines is 1. The Bertz CT molecular complexity index is 1390. The van der Waals surface area contributed by atoms with E-state index in [2.05, 4.69) is 5.32 Å². The van der Waals surface area contributed by atoms with Gasteiger partial charge in [-0.3, -0.25) is 13.9 Å². The third kappa shape index (κ3) is 6.99. The molecular weight excluding hydrogens is 534 g/mol. The molecule has 0 heterocycles. The minimum atomic E-state index is -4.16. The topological polar surface area (TPSA) is 86.8 Å². The van der Waals surface area contributed by atoms with Crippen LogP contribution in [-0.4, -0.2) is 43.8 Å².